The second kappa shape index (κ2) is 6.25. The van der Waals surface area contributed by atoms with Crippen molar-refractivity contribution in [3.05, 3.63) is 52.9 Å². The molecule has 0 aliphatic heterocycles. The Bertz CT molecular complexity index is 622. The summed E-state index contributed by atoms with van der Waals surface area (Å²) in [6.45, 7) is 0. The Morgan fingerprint density at radius 2 is 2.10 bits per heavy atom. The highest BCUT2D eigenvalue weighted by molar-refractivity contribution is 6.34. The molecule has 1 aromatic carbocycles. The molecule has 2 rings (SSSR count). The predicted octanol–water partition coefficient (Wildman–Crippen LogP) is 3.20. The lowest BCUT2D eigenvalue weighted by Gasteiger charge is -2.07. The van der Waals surface area contributed by atoms with E-state index in [0.717, 1.165) is 5.76 Å². The first-order chi connectivity index (χ1) is 9.56. The molecule has 0 atom stereocenters. The lowest BCUT2D eigenvalue weighted by atomic mass is 10.2. The monoisotopic (exact) mass is 293 g/mol. The van der Waals surface area contributed by atoms with Crippen LogP contribution in [0.1, 0.15) is 22.5 Å². The second-order valence-electron chi connectivity index (χ2n) is 4.13. The molecule has 104 valence electrons. The SMILES string of the molecule is O=C(CCc1ccco1)Nc1ccc(C(=O)O)cc1Cl. The highest BCUT2D eigenvalue weighted by atomic mass is 35.5. The molecule has 0 saturated heterocycles. The van der Waals surface area contributed by atoms with E-state index >= 15 is 0 Å². The van der Waals surface area contributed by atoms with E-state index in [-0.39, 0.29) is 22.9 Å². The van der Waals surface area contributed by atoms with Gasteiger partial charge in [-0.05, 0) is 30.3 Å². The number of rotatable bonds is 5. The van der Waals surface area contributed by atoms with Gasteiger partial charge < -0.3 is 14.8 Å². The minimum Gasteiger partial charge on any atom is -0.478 e. The molecule has 0 aliphatic rings. The van der Waals surface area contributed by atoms with Crippen molar-refractivity contribution in [2.75, 3.05) is 5.32 Å². The van der Waals surface area contributed by atoms with Crippen LogP contribution in [0.5, 0.6) is 0 Å². The van der Waals surface area contributed by atoms with Gasteiger partial charge in [0.25, 0.3) is 0 Å². The molecular formula is C14H12ClNO4. The van der Waals surface area contributed by atoms with Gasteiger partial charge in [-0.1, -0.05) is 11.6 Å². The minimum atomic E-state index is -1.07. The highest BCUT2D eigenvalue weighted by Gasteiger charge is 2.10. The normalized spacial score (nSPS) is 10.2. The number of nitrogens with one attached hydrogen (secondary N) is 1. The standard InChI is InChI=1S/C14H12ClNO4/c15-11-8-9(14(18)19)3-5-12(11)16-13(17)6-4-10-2-1-7-20-10/h1-3,5,7-8H,4,6H2,(H,16,17)(H,18,19). The number of benzene rings is 1. The average Bonchev–Trinajstić information content (AvgIpc) is 2.91. The second-order valence-corrected chi connectivity index (χ2v) is 4.53. The van der Waals surface area contributed by atoms with E-state index in [1.807, 2.05) is 0 Å². The number of carboxylic acid groups (broad SMARTS) is 1. The molecule has 0 fully saturated rings. The minimum absolute atomic E-state index is 0.0728. The van der Waals surface area contributed by atoms with Crippen molar-refractivity contribution >= 4 is 29.2 Å². The topological polar surface area (TPSA) is 79.5 Å². The molecule has 0 saturated carbocycles. The number of carboxylic acids is 1. The number of furan rings is 1. The Morgan fingerprint density at radius 3 is 2.70 bits per heavy atom. The van der Waals surface area contributed by atoms with Crippen molar-refractivity contribution in [1.82, 2.24) is 0 Å². The summed E-state index contributed by atoms with van der Waals surface area (Å²) < 4.78 is 5.13. The fourth-order valence-corrected chi connectivity index (χ4v) is 1.88. The average molecular weight is 294 g/mol. The third-order valence-corrected chi connectivity index (χ3v) is 2.98. The molecule has 0 spiro atoms. The van der Waals surface area contributed by atoms with E-state index in [2.05, 4.69) is 5.32 Å². The van der Waals surface area contributed by atoms with Crippen LogP contribution in [0, 0.1) is 0 Å². The number of carbonyl (C=O) groups is 2. The number of carbonyl (C=O) groups excluding carboxylic acids is 1. The first-order valence-electron chi connectivity index (χ1n) is 5.91. The van der Waals surface area contributed by atoms with E-state index in [0.29, 0.717) is 12.1 Å². The maximum absolute atomic E-state index is 11.8. The van der Waals surface area contributed by atoms with Crippen LogP contribution >= 0.6 is 11.6 Å². The van der Waals surface area contributed by atoms with Gasteiger partial charge in [-0.15, -0.1) is 0 Å². The van der Waals surface area contributed by atoms with Crippen LogP contribution in [0.3, 0.4) is 0 Å². The van der Waals surface area contributed by atoms with Crippen LogP contribution in [0.2, 0.25) is 5.02 Å². The molecule has 6 heteroatoms. The summed E-state index contributed by atoms with van der Waals surface area (Å²) >= 11 is 5.92. The molecule has 0 radical (unpaired) electrons. The smallest absolute Gasteiger partial charge is 0.335 e. The van der Waals surface area contributed by atoms with Gasteiger partial charge in [-0.3, -0.25) is 4.79 Å². The van der Waals surface area contributed by atoms with E-state index in [1.165, 1.54) is 18.2 Å². The van der Waals surface area contributed by atoms with Crippen molar-refractivity contribution in [2.24, 2.45) is 0 Å². The van der Waals surface area contributed by atoms with Crippen LogP contribution in [-0.4, -0.2) is 17.0 Å². The molecule has 2 N–H and O–H groups in total. The van der Waals surface area contributed by atoms with Gasteiger partial charge in [0.2, 0.25) is 5.91 Å². The Morgan fingerprint density at radius 1 is 1.30 bits per heavy atom. The van der Waals surface area contributed by atoms with Crippen LogP contribution < -0.4 is 5.32 Å². The van der Waals surface area contributed by atoms with Crippen molar-refractivity contribution in [2.45, 2.75) is 12.8 Å². The molecule has 0 bridgehead atoms. The molecular weight excluding hydrogens is 282 g/mol. The maximum atomic E-state index is 11.8. The Hall–Kier alpha value is -2.27. The van der Waals surface area contributed by atoms with Crippen LogP contribution in [0.15, 0.2) is 41.0 Å². The number of anilines is 1. The van der Waals surface area contributed by atoms with E-state index < -0.39 is 5.97 Å². The van der Waals surface area contributed by atoms with Crippen molar-refractivity contribution in [3.8, 4) is 0 Å². The lowest BCUT2D eigenvalue weighted by molar-refractivity contribution is -0.116. The summed E-state index contributed by atoms with van der Waals surface area (Å²) in [4.78, 5) is 22.5. The number of aromatic carboxylic acids is 1. The van der Waals surface area contributed by atoms with Gasteiger partial charge in [-0.25, -0.2) is 4.79 Å². The summed E-state index contributed by atoms with van der Waals surface area (Å²) in [6, 6.07) is 7.70. The first-order valence-corrected chi connectivity index (χ1v) is 6.29. The Labute approximate surface area is 120 Å². The predicted molar refractivity (Wildman–Crippen MR) is 74.1 cm³/mol. The molecule has 0 unspecified atom stereocenters. The molecule has 1 heterocycles. The van der Waals surface area contributed by atoms with Gasteiger partial charge in [0.1, 0.15) is 5.76 Å². The van der Waals surface area contributed by atoms with Gasteiger partial charge in [-0.2, -0.15) is 0 Å². The van der Waals surface area contributed by atoms with Crippen LogP contribution in [-0.2, 0) is 11.2 Å². The fourth-order valence-electron chi connectivity index (χ4n) is 1.65. The van der Waals surface area contributed by atoms with Gasteiger partial charge >= 0.3 is 5.97 Å². The van der Waals surface area contributed by atoms with E-state index in [4.69, 9.17) is 21.1 Å². The summed E-state index contributed by atoms with van der Waals surface area (Å²) in [5.41, 5.74) is 0.463. The fraction of sp³-hybridized carbons (Fsp3) is 0.143. The number of hydrogen-bond acceptors (Lipinski definition) is 3. The summed E-state index contributed by atoms with van der Waals surface area (Å²) in [6.07, 6.45) is 2.29. The molecule has 0 aliphatic carbocycles. The summed E-state index contributed by atoms with van der Waals surface area (Å²) in [5, 5.41) is 11.6. The zero-order valence-corrected chi connectivity index (χ0v) is 11.2. The highest BCUT2D eigenvalue weighted by Crippen LogP contribution is 2.23. The van der Waals surface area contributed by atoms with Gasteiger partial charge in [0.05, 0.1) is 22.5 Å². The number of hydrogen-bond donors (Lipinski definition) is 2. The Balaban J connectivity index is 1.95. The summed E-state index contributed by atoms with van der Waals surface area (Å²) in [5.74, 6) is -0.554. The number of halogens is 1. The molecule has 2 aromatic rings. The Kier molecular flexibility index (Phi) is 4.42. The van der Waals surface area contributed by atoms with Crippen molar-refractivity contribution in [1.29, 1.82) is 0 Å². The van der Waals surface area contributed by atoms with Crippen LogP contribution in [0.25, 0.3) is 0 Å². The van der Waals surface area contributed by atoms with Crippen molar-refractivity contribution < 1.29 is 19.1 Å². The van der Waals surface area contributed by atoms with E-state index in [9.17, 15) is 9.59 Å². The van der Waals surface area contributed by atoms with Crippen LogP contribution in [0.4, 0.5) is 5.69 Å². The number of amides is 1. The zero-order valence-electron chi connectivity index (χ0n) is 10.4. The van der Waals surface area contributed by atoms with Gasteiger partial charge in [0.15, 0.2) is 0 Å². The zero-order chi connectivity index (χ0) is 14.5. The van der Waals surface area contributed by atoms with E-state index in [1.54, 1.807) is 18.4 Å². The third kappa shape index (κ3) is 3.61. The molecule has 1 aromatic heterocycles. The van der Waals surface area contributed by atoms with Crippen molar-refractivity contribution in [3.63, 3.8) is 0 Å². The van der Waals surface area contributed by atoms with Gasteiger partial charge in [0, 0.05) is 12.8 Å². The first kappa shape index (κ1) is 14.1. The maximum Gasteiger partial charge on any atom is 0.335 e. The molecule has 1 amide bonds. The third-order valence-electron chi connectivity index (χ3n) is 2.67. The molecule has 5 nitrogen and oxygen atoms in total. The quantitative estimate of drug-likeness (QED) is 0.887. The lowest BCUT2D eigenvalue weighted by Crippen LogP contribution is -2.12. The molecule has 20 heavy (non-hydrogen) atoms. The summed E-state index contributed by atoms with van der Waals surface area (Å²) in [7, 11) is 0. The number of aryl methyl sites for hydroxylation is 1. The largest absolute Gasteiger partial charge is 0.478 e.